The van der Waals surface area contributed by atoms with Crippen LogP contribution in [0.2, 0.25) is 0 Å². The second-order valence-corrected chi connectivity index (χ2v) is 6.74. The molecule has 98 valence electrons. The molecule has 1 N–H and O–H groups in total. The van der Waals surface area contributed by atoms with Gasteiger partial charge in [0.2, 0.25) is 0 Å². The van der Waals surface area contributed by atoms with Crippen LogP contribution in [0.1, 0.15) is 17.2 Å². The minimum absolute atomic E-state index is 0.0108. The number of hydrogen-bond donors (Lipinski definition) is 1. The smallest absolute Gasteiger partial charge is 0.255 e. The summed E-state index contributed by atoms with van der Waals surface area (Å²) in [4.78, 5) is 13.5. The van der Waals surface area contributed by atoms with Crippen LogP contribution in [0.5, 0.6) is 0 Å². The van der Waals surface area contributed by atoms with Gasteiger partial charge >= 0.3 is 0 Å². The fraction of sp³-hybridized carbons (Fsp3) is 0.214. The van der Waals surface area contributed by atoms with Crippen molar-refractivity contribution in [1.29, 1.82) is 0 Å². The Kier molecular flexibility index (Phi) is 3.48. The summed E-state index contributed by atoms with van der Waals surface area (Å²) in [5, 5.41) is 3.84. The fourth-order valence-electron chi connectivity index (χ4n) is 2.02. The second-order valence-electron chi connectivity index (χ2n) is 4.33. The maximum Gasteiger partial charge on any atom is 0.255 e. The normalized spacial score (nSPS) is 22.8. The van der Waals surface area contributed by atoms with Crippen molar-refractivity contribution in [2.75, 3.05) is 5.43 Å². The number of amides is 1. The van der Waals surface area contributed by atoms with Gasteiger partial charge in [-0.1, -0.05) is 24.3 Å². The van der Waals surface area contributed by atoms with Crippen molar-refractivity contribution in [3.8, 4) is 0 Å². The molecule has 0 spiro atoms. The summed E-state index contributed by atoms with van der Waals surface area (Å²) in [6.45, 7) is 1.96. The highest BCUT2D eigenvalue weighted by Gasteiger charge is 2.39. The molecule has 1 fully saturated rings. The fourth-order valence-corrected chi connectivity index (χ4v) is 4.15. The van der Waals surface area contributed by atoms with Gasteiger partial charge in [0.15, 0.2) is 0 Å². The molecule has 1 aromatic heterocycles. The van der Waals surface area contributed by atoms with E-state index in [1.807, 2.05) is 48.7 Å². The first-order valence-corrected chi connectivity index (χ1v) is 7.91. The van der Waals surface area contributed by atoms with E-state index in [9.17, 15) is 4.79 Å². The van der Waals surface area contributed by atoms with E-state index < -0.39 is 0 Å². The number of para-hydroxylation sites is 1. The zero-order valence-corrected chi connectivity index (χ0v) is 12.1. The molecule has 2 unspecified atom stereocenters. The molecule has 1 amide bonds. The Hall–Kier alpha value is -1.46. The molecule has 1 aliphatic rings. The van der Waals surface area contributed by atoms with Gasteiger partial charge in [-0.2, -0.15) is 0 Å². The van der Waals surface area contributed by atoms with Crippen LogP contribution in [0.3, 0.4) is 0 Å². The van der Waals surface area contributed by atoms with E-state index in [1.165, 1.54) is 4.88 Å². The Labute approximate surface area is 120 Å². The number of anilines is 1. The van der Waals surface area contributed by atoms with Crippen LogP contribution in [-0.4, -0.2) is 16.2 Å². The molecule has 2 atom stereocenters. The van der Waals surface area contributed by atoms with Crippen LogP contribution in [0.15, 0.2) is 47.8 Å². The van der Waals surface area contributed by atoms with Gasteiger partial charge in [-0.15, -0.1) is 23.1 Å². The van der Waals surface area contributed by atoms with E-state index in [4.69, 9.17) is 0 Å². The van der Waals surface area contributed by atoms with Gasteiger partial charge in [0, 0.05) is 4.88 Å². The Morgan fingerprint density at radius 1 is 1.16 bits per heavy atom. The maximum absolute atomic E-state index is 12.3. The Bertz CT molecular complexity index is 556. The molecule has 3 nitrogen and oxygen atoms in total. The van der Waals surface area contributed by atoms with Crippen LogP contribution in [0.4, 0.5) is 5.69 Å². The predicted molar refractivity (Wildman–Crippen MR) is 81.0 cm³/mol. The molecule has 1 saturated heterocycles. The molecule has 2 heterocycles. The first-order chi connectivity index (χ1) is 9.25. The molecular formula is C14H14N2OS2. The predicted octanol–water partition coefficient (Wildman–Crippen LogP) is 3.74. The van der Waals surface area contributed by atoms with E-state index >= 15 is 0 Å². The number of carbonyl (C=O) groups excluding carboxylic acids is 1. The lowest BCUT2D eigenvalue weighted by atomic mass is 10.3. The van der Waals surface area contributed by atoms with Crippen molar-refractivity contribution in [2.45, 2.75) is 17.5 Å². The molecule has 2 aromatic rings. The third-order valence-electron chi connectivity index (χ3n) is 2.96. The van der Waals surface area contributed by atoms with Crippen LogP contribution < -0.4 is 5.43 Å². The summed E-state index contributed by atoms with van der Waals surface area (Å²) < 4.78 is 0. The average Bonchev–Trinajstić information content (AvgIpc) is 3.04. The van der Waals surface area contributed by atoms with Crippen LogP contribution in [0.25, 0.3) is 0 Å². The summed E-state index contributed by atoms with van der Waals surface area (Å²) in [5.74, 6) is 0.132. The number of nitrogens with one attached hydrogen (secondary N) is 1. The third-order valence-corrected chi connectivity index (χ3v) is 5.37. The lowest BCUT2D eigenvalue weighted by Gasteiger charge is -2.24. The highest BCUT2D eigenvalue weighted by molar-refractivity contribution is 8.01. The van der Waals surface area contributed by atoms with E-state index in [0.29, 0.717) is 0 Å². The van der Waals surface area contributed by atoms with Crippen LogP contribution in [0, 0.1) is 0 Å². The molecule has 0 saturated carbocycles. The molecule has 0 aliphatic carbocycles. The van der Waals surface area contributed by atoms with Gasteiger partial charge in [0.1, 0.15) is 5.37 Å². The van der Waals surface area contributed by atoms with Crippen molar-refractivity contribution < 1.29 is 4.79 Å². The number of benzene rings is 1. The first-order valence-electron chi connectivity index (χ1n) is 6.09. The van der Waals surface area contributed by atoms with Gasteiger partial charge in [-0.3, -0.25) is 10.2 Å². The molecule has 1 aliphatic heterocycles. The first kappa shape index (κ1) is 12.6. The van der Waals surface area contributed by atoms with E-state index in [1.54, 1.807) is 28.1 Å². The molecule has 0 radical (unpaired) electrons. The van der Waals surface area contributed by atoms with Gasteiger partial charge in [-0.25, -0.2) is 5.01 Å². The van der Waals surface area contributed by atoms with Gasteiger partial charge in [0.05, 0.1) is 10.9 Å². The Morgan fingerprint density at radius 2 is 1.95 bits per heavy atom. The number of carbonyl (C=O) groups is 1. The number of hydrogen-bond acceptors (Lipinski definition) is 4. The summed E-state index contributed by atoms with van der Waals surface area (Å²) in [6.07, 6.45) is 0. The quantitative estimate of drug-likeness (QED) is 0.934. The van der Waals surface area contributed by atoms with E-state index in [-0.39, 0.29) is 16.5 Å². The van der Waals surface area contributed by atoms with E-state index in [0.717, 1.165) is 5.69 Å². The maximum atomic E-state index is 12.3. The molecule has 0 bridgehead atoms. The summed E-state index contributed by atoms with van der Waals surface area (Å²) in [7, 11) is 0. The third kappa shape index (κ3) is 2.48. The van der Waals surface area contributed by atoms with Crippen molar-refractivity contribution >= 4 is 34.7 Å². The molecule has 5 heteroatoms. The average molecular weight is 290 g/mol. The highest BCUT2D eigenvalue weighted by atomic mass is 32.2. The largest absolute Gasteiger partial charge is 0.295 e. The second kappa shape index (κ2) is 5.27. The van der Waals surface area contributed by atoms with Crippen molar-refractivity contribution in [1.82, 2.24) is 5.01 Å². The lowest BCUT2D eigenvalue weighted by molar-refractivity contribution is -0.128. The highest BCUT2D eigenvalue weighted by Crippen LogP contribution is 2.44. The topological polar surface area (TPSA) is 32.3 Å². The molecular weight excluding hydrogens is 276 g/mol. The summed E-state index contributed by atoms with van der Waals surface area (Å²) in [5.41, 5.74) is 4.17. The minimum Gasteiger partial charge on any atom is -0.295 e. The zero-order chi connectivity index (χ0) is 13.2. The van der Waals surface area contributed by atoms with Gasteiger partial charge < -0.3 is 0 Å². The van der Waals surface area contributed by atoms with Gasteiger partial charge in [0.25, 0.3) is 5.91 Å². The number of rotatable bonds is 3. The van der Waals surface area contributed by atoms with Crippen LogP contribution >= 0.6 is 23.1 Å². The number of nitrogens with zero attached hydrogens (tertiary/aromatic N) is 1. The van der Waals surface area contributed by atoms with Gasteiger partial charge in [-0.05, 0) is 30.5 Å². The minimum atomic E-state index is -0.0108. The van der Waals surface area contributed by atoms with Crippen molar-refractivity contribution in [3.63, 3.8) is 0 Å². The standard InChI is InChI=1S/C14H14N2OS2/c1-10-13(17)16(15-11-6-3-2-4-7-11)14(19-10)12-8-5-9-18-12/h2-10,14-15H,1H3. The van der Waals surface area contributed by atoms with Crippen molar-refractivity contribution in [2.24, 2.45) is 0 Å². The van der Waals surface area contributed by atoms with Crippen LogP contribution in [-0.2, 0) is 4.79 Å². The molecule has 3 rings (SSSR count). The SMILES string of the molecule is CC1SC(c2cccs2)N(Nc2ccccc2)C1=O. The number of thioether (sulfide) groups is 1. The molecule has 1 aromatic carbocycles. The monoisotopic (exact) mass is 290 g/mol. The Morgan fingerprint density at radius 3 is 2.63 bits per heavy atom. The zero-order valence-electron chi connectivity index (χ0n) is 10.4. The summed E-state index contributed by atoms with van der Waals surface area (Å²) >= 11 is 3.37. The lowest BCUT2D eigenvalue weighted by Crippen LogP contribution is -2.35. The Balaban J connectivity index is 1.86. The number of hydrazine groups is 1. The summed E-state index contributed by atoms with van der Waals surface area (Å²) in [6, 6.07) is 13.9. The number of thiophene rings is 1. The van der Waals surface area contributed by atoms with Crippen molar-refractivity contribution in [3.05, 3.63) is 52.7 Å². The van der Waals surface area contributed by atoms with E-state index in [2.05, 4.69) is 11.5 Å². The molecule has 19 heavy (non-hydrogen) atoms.